The Morgan fingerprint density at radius 1 is 1.10 bits per heavy atom. The number of benzene rings is 1. The van der Waals surface area contributed by atoms with E-state index in [2.05, 4.69) is 49.5 Å². The molecule has 0 radical (unpaired) electrons. The van der Waals surface area contributed by atoms with E-state index in [1.54, 1.807) is 11.3 Å². The van der Waals surface area contributed by atoms with Crippen LogP contribution in [0, 0.1) is 0 Å². The lowest BCUT2D eigenvalue weighted by atomic mass is 10.1. The van der Waals surface area contributed by atoms with Crippen LogP contribution >= 0.6 is 11.3 Å². The molecular formula is C17H19N3S. The number of hydrogen-bond donors (Lipinski definition) is 1. The molecule has 108 valence electrons. The number of nitrogens with zero attached hydrogens (tertiary/aromatic N) is 2. The summed E-state index contributed by atoms with van der Waals surface area (Å²) in [5.41, 5.74) is 1.24. The molecule has 0 saturated carbocycles. The molecule has 0 unspecified atom stereocenters. The van der Waals surface area contributed by atoms with Gasteiger partial charge in [-0.15, -0.1) is 11.3 Å². The first-order chi connectivity index (χ1) is 10.3. The van der Waals surface area contributed by atoms with E-state index in [1.165, 1.54) is 10.4 Å². The fourth-order valence-corrected chi connectivity index (χ4v) is 3.34. The summed E-state index contributed by atoms with van der Waals surface area (Å²) in [6, 6.07) is 12.6. The third kappa shape index (κ3) is 3.05. The summed E-state index contributed by atoms with van der Waals surface area (Å²) in [6.45, 7) is 5.14. The summed E-state index contributed by atoms with van der Waals surface area (Å²) in [4.78, 5) is 11.9. The Bertz CT molecular complexity index is 734. The lowest BCUT2D eigenvalue weighted by molar-refractivity contribution is 0.990. The number of nitrogens with one attached hydrogen (secondary N) is 1. The molecule has 0 atom stereocenters. The average Bonchev–Trinajstić information content (AvgIpc) is 2.92. The Balaban J connectivity index is 2.02. The maximum Gasteiger partial charge on any atom is 0.138 e. The van der Waals surface area contributed by atoms with Crippen LogP contribution in [0.15, 0.2) is 36.4 Å². The second-order valence-electron chi connectivity index (χ2n) is 4.97. The number of aromatic nitrogens is 2. The Morgan fingerprint density at radius 3 is 2.62 bits per heavy atom. The molecule has 0 aliphatic heterocycles. The van der Waals surface area contributed by atoms with Gasteiger partial charge in [0.05, 0.1) is 5.39 Å². The van der Waals surface area contributed by atoms with E-state index in [0.29, 0.717) is 0 Å². The van der Waals surface area contributed by atoms with Crippen LogP contribution in [0.25, 0.3) is 10.2 Å². The summed E-state index contributed by atoms with van der Waals surface area (Å²) in [5.74, 6) is 1.85. The Kier molecular flexibility index (Phi) is 4.15. The maximum absolute atomic E-state index is 4.75. The van der Waals surface area contributed by atoms with Crippen LogP contribution in [0.5, 0.6) is 0 Å². The molecule has 0 saturated heterocycles. The van der Waals surface area contributed by atoms with Crippen molar-refractivity contribution in [3.05, 3.63) is 52.7 Å². The fourth-order valence-electron chi connectivity index (χ4n) is 2.35. The summed E-state index contributed by atoms with van der Waals surface area (Å²) < 4.78 is 0. The minimum Gasteiger partial charge on any atom is -0.370 e. The molecule has 0 spiro atoms. The molecular weight excluding hydrogens is 278 g/mol. The van der Waals surface area contributed by atoms with Crippen molar-refractivity contribution in [1.82, 2.24) is 9.97 Å². The highest BCUT2D eigenvalue weighted by molar-refractivity contribution is 7.18. The standard InChI is InChI=1S/C17H19N3S/c1-3-13-11-14-16(18-4-2)19-15(20-17(14)21-13)10-12-8-6-5-7-9-12/h5-9,11H,3-4,10H2,1-2H3,(H,18,19,20). The number of thiophene rings is 1. The average molecular weight is 297 g/mol. The molecule has 0 aliphatic carbocycles. The van der Waals surface area contributed by atoms with Gasteiger partial charge in [0, 0.05) is 17.8 Å². The summed E-state index contributed by atoms with van der Waals surface area (Å²) in [6.07, 6.45) is 1.81. The van der Waals surface area contributed by atoms with E-state index in [-0.39, 0.29) is 0 Å². The molecule has 3 nitrogen and oxygen atoms in total. The van der Waals surface area contributed by atoms with E-state index in [1.807, 2.05) is 6.07 Å². The molecule has 0 aliphatic rings. The SMILES string of the molecule is CCNc1nc(Cc2ccccc2)nc2sc(CC)cc12. The Morgan fingerprint density at radius 2 is 1.90 bits per heavy atom. The monoisotopic (exact) mass is 297 g/mol. The molecule has 2 heterocycles. The molecule has 0 amide bonds. The summed E-state index contributed by atoms with van der Waals surface area (Å²) in [5, 5.41) is 4.52. The number of hydrogen-bond acceptors (Lipinski definition) is 4. The number of anilines is 1. The van der Waals surface area contributed by atoms with Crippen molar-refractivity contribution < 1.29 is 0 Å². The van der Waals surface area contributed by atoms with Crippen LogP contribution in [-0.2, 0) is 12.8 Å². The third-order valence-corrected chi connectivity index (χ3v) is 4.56. The Hall–Kier alpha value is -1.94. The fraction of sp³-hybridized carbons (Fsp3) is 0.294. The molecule has 1 aromatic carbocycles. The van der Waals surface area contributed by atoms with Crippen molar-refractivity contribution in [3.63, 3.8) is 0 Å². The van der Waals surface area contributed by atoms with Gasteiger partial charge in [-0.2, -0.15) is 0 Å². The van der Waals surface area contributed by atoms with E-state index in [0.717, 1.165) is 41.2 Å². The van der Waals surface area contributed by atoms with Crippen LogP contribution < -0.4 is 5.32 Å². The van der Waals surface area contributed by atoms with Gasteiger partial charge in [0.1, 0.15) is 16.5 Å². The van der Waals surface area contributed by atoms with Gasteiger partial charge in [0.15, 0.2) is 0 Å². The van der Waals surface area contributed by atoms with Crippen LogP contribution in [0.2, 0.25) is 0 Å². The van der Waals surface area contributed by atoms with Crippen molar-refractivity contribution in [1.29, 1.82) is 0 Å². The van der Waals surface area contributed by atoms with Crippen LogP contribution in [0.1, 0.15) is 30.1 Å². The van der Waals surface area contributed by atoms with Gasteiger partial charge in [-0.1, -0.05) is 37.3 Å². The highest BCUT2D eigenvalue weighted by Gasteiger charge is 2.11. The lowest BCUT2D eigenvalue weighted by Gasteiger charge is -2.07. The smallest absolute Gasteiger partial charge is 0.138 e. The van der Waals surface area contributed by atoms with E-state index >= 15 is 0 Å². The number of fused-ring (bicyclic) bond motifs is 1. The largest absolute Gasteiger partial charge is 0.370 e. The molecule has 3 rings (SSSR count). The van der Waals surface area contributed by atoms with Gasteiger partial charge < -0.3 is 5.32 Å². The lowest BCUT2D eigenvalue weighted by Crippen LogP contribution is -2.04. The van der Waals surface area contributed by atoms with Gasteiger partial charge in [-0.3, -0.25) is 0 Å². The first-order valence-electron chi connectivity index (χ1n) is 7.37. The zero-order chi connectivity index (χ0) is 14.7. The van der Waals surface area contributed by atoms with Crippen molar-refractivity contribution in [2.75, 3.05) is 11.9 Å². The van der Waals surface area contributed by atoms with Crippen LogP contribution in [0.3, 0.4) is 0 Å². The zero-order valence-electron chi connectivity index (χ0n) is 12.4. The molecule has 3 aromatic rings. The predicted octanol–water partition coefficient (Wildman–Crippen LogP) is 4.28. The van der Waals surface area contributed by atoms with Crippen molar-refractivity contribution >= 4 is 27.4 Å². The molecule has 0 bridgehead atoms. The molecule has 4 heteroatoms. The molecule has 21 heavy (non-hydrogen) atoms. The predicted molar refractivity (Wildman–Crippen MR) is 90.2 cm³/mol. The topological polar surface area (TPSA) is 37.8 Å². The number of rotatable bonds is 5. The van der Waals surface area contributed by atoms with Crippen LogP contribution in [0.4, 0.5) is 5.82 Å². The highest BCUT2D eigenvalue weighted by atomic mass is 32.1. The van der Waals surface area contributed by atoms with Gasteiger partial charge in [-0.25, -0.2) is 9.97 Å². The normalized spacial score (nSPS) is 11.0. The first-order valence-corrected chi connectivity index (χ1v) is 8.19. The van der Waals surface area contributed by atoms with E-state index in [9.17, 15) is 0 Å². The second-order valence-corrected chi connectivity index (χ2v) is 6.08. The molecule has 1 N–H and O–H groups in total. The van der Waals surface area contributed by atoms with Gasteiger partial charge in [0.2, 0.25) is 0 Å². The quantitative estimate of drug-likeness (QED) is 0.764. The van der Waals surface area contributed by atoms with Gasteiger partial charge >= 0.3 is 0 Å². The minimum absolute atomic E-state index is 0.772. The van der Waals surface area contributed by atoms with Crippen molar-refractivity contribution in [3.8, 4) is 0 Å². The van der Waals surface area contributed by atoms with Gasteiger partial charge in [-0.05, 0) is 25.0 Å². The molecule has 2 aromatic heterocycles. The van der Waals surface area contributed by atoms with E-state index in [4.69, 9.17) is 9.97 Å². The Labute approximate surface area is 129 Å². The highest BCUT2D eigenvalue weighted by Crippen LogP contribution is 2.29. The maximum atomic E-state index is 4.75. The minimum atomic E-state index is 0.772. The number of aryl methyl sites for hydroxylation is 1. The van der Waals surface area contributed by atoms with Crippen molar-refractivity contribution in [2.24, 2.45) is 0 Å². The van der Waals surface area contributed by atoms with Crippen LogP contribution in [-0.4, -0.2) is 16.5 Å². The first kappa shape index (κ1) is 14.0. The summed E-state index contributed by atoms with van der Waals surface area (Å²) in [7, 11) is 0. The third-order valence-electron chi connectivity index (χ3n) is 3.39. The van der Waals surface area contributed by atoms with E-state index < -0.39 is 0 Å². The molecule has 0 fully saturated rings. The second kappa shape index (κ2) is 6.22. The zero-order valence-corrected chi connectivity index (χ0v) is 13.2. The van der Waals surface area contributed by atoms with Crippen molar-refractivity contribution in [2.45, 2.75) is 26.7 Å². The van der Waals surface area contributed by atoms with Gasteiger partial charge in [0.25, 0.3) is 0 Å². The summed E-state index contributed by atoms with van der Waals surface area (Å²) >= 11 is 1.77.